The lowest BCUT2D eigenvalue weighted by molar-refractivity contribution is 0.0326. The third-order valence-corrected chi connectivity index (χ3v) is 3.30. The Morgan fingerprint density at radius 2 is 1.95 bits per heavy atom. The molecule has 1 aromatic carbocycles. The van der Waals surface area contributed by atoms with E-state index < -0.39 is 0 Å². The first-order chi connectivity index (χ1) is 8.99. The van der Waals surface area contributed by atoms with E-state index in [0.29, 0.717) is 5.92 Å². The van der Waals surface area contributed by atoms with Crippen LogP contribution < -0.4 is 5.32 Å². The first-order valence-corrected chi connectivity index (χ1v) is 7.02. The van der Waals surface area contributed by atoms with Crippen LogP contribution in [0.3, 0.4) is 0 Å². The number of nitrogens with one attached hydrogen (secondary N) is 1. The number of hydrogen-bond acceptors (Lipinski definition) is 2. The van der Waals surface area contributed by atoms with Gasteiger partial charge in [0.05, 0.1) is 12.1 Å². The standard InChI is InChI=1S/C16H26FNO/c1-6-7-18-15(16(19-5)11(2)3)13-8-12(4)9-14(17)10-13/h8-11,15-16,18H,6-7H2,1-5H3. The molecule has 1 N–H and O–H groups in total. The Kier molecular flexibility index (Phi) is 6.46. The lowest BCUT2D eigenvalue weighted by Crippen LogP contribution is -2.37. The van der Waals surface area contributed by atoms with E-state index in [-0.39, 0.29) is 18.0 Å². The van der Waals surface area contributed by atoms with Gasteiger partial charge in [-0.05, 0) is 49.1 Å². The Balaban J connectivity index is 3.06. The molecule has 0 aliphatic carbocycles. The highest BCUT2D eigenvalue weighted by Gasteiger charge is 2.25. The molecule has 0 saturated heterocycles. The Morgan fingerprint density at radius 3 is 2.42 bits per heavy atom. The van der Waals surface area contributed by atoms with E-state index in [1.165, 1.54) is 0 Å². The molecule has 0 radical (unpaired) electrons. The fourth-order valence-corrected chi connectivity index (χ4v) is 2.46. The molecule has 108 valence electrons. The monoisotopic (exact) mass is 267 g/mol. The van der Waals surface area contributed by atoms with Crippen LogP contribution in [0.1, 0.15) is 44.4 Å². The van der Waals surface area contributed by atoms with Crippen LogP contribution in [0.4, 0.5) is 4.39 Å². The summed E-state index contributed by atoms with van der Waals surface area (Å²) in [5.41, 5.74) is 1.91. The summed E-state index contributed by atoms with van der Waals surface area (Å²) in [6.07, 6.45) is 1.08. The molecule has 0 aromatic heterocycles. The van der Waals surface area contributed by atoms with Crippen molar-refractivity contribution < 1.29 is 9.13 Å². The van der Waals surface area contributed by atoms with Crippen molar-refractivity contribution in [2.45, 2.75) is 46.3 Å². The Labute approximate surface area is 116 Å². The molecule has 0 aliphatic rings. The summed E-state index contributed by atoms with van der Waals surface area (Å²) in [4.78, 5) is 0. The molecule has 0 saturated carbocycles. The quantitative estimate of drug-likeness (QED) is 0.810. The van der Waals surface area contributed by atoms with E-state index in [0.717, 1.165) is 24.1 Å². The predicted molar refractivity (Wildman–Crippen MR) is 77.8 cm³/mol. The topological polar surface area (TPSA) is 21.3 Å². The van der Waals surface area contributed by atoms with Gasteiger partial charge in [-0.2, -0.15) is 0 Å². The van der Waals surface area contributed by atoms with Gasteiger partial charge in [0, 0.05) is 7.11 Å². The predicted octanol–water partition coefficient (Wildman–Crippen LogP) is 3.85. The number of ether oxygens (including phenoxy) is 1. The van der Waals surface area contributed by atoms with Crippen LogP contribution in [0.25, 0.3) is 0 Å². The fraction of sp³-hybridized carbons (Fsp3) is 0.625. The number of methoxy groups -OCH3 is 1. The van der Waals surface area contributed by atoms with Crippen molar-refractivity contribution in [3.8, 4) is 0 Å². The van der Waals surface area contributed by atoms with E-state index in [2.05, 4.69) is 26.1 Å². The number of hydrogen-bond donors (Lipinski definition) is 1. The molecule has 0 spiro atoms. The summed E-state index contributed by atoms with van der Waals surface area (Å²) in [6, 6.07) is 5.22. The molecule has 0 aliphatic heterocycles. The minimum Gasteiger partial charge on any atom is -0.379 e. The molecule has 3 heteroatoms. The maximum absolute atomic E-state index is 13.6. The van der Waals surface area contributed by atoms with Crippen LogP contribution >= 0.6 is 0 Å². The Morgan fingerprint density at radius 1 is 1.26 bits per heavy atom. The summed E-state index contributed by atoms with van der Waals surface area (Å²) < 4.78 is 19.2. The SMILES string of the molecule is CCCNC(c1cc(C)cc(F)c1)C(OC)C(C)C. The zero-order valence-electron chi connectivity index (χ0n) is 12.7. The van der Waals surface area contributed by atoms with Crippen molar-refractivity contribution in [3.05, 3.63) is 35.1 Å². The molecule has 0 bridgehead atoms. The van der Waals surface area contributed by atoms with Gasteiger partial charge in [0.15, 0.2) is 0 Å². The van der Waals surface area contributed by atoms with Crippen molar-refractivity contribution in [3.63, 3.8) is 0 Å². The first-order valence-electron chi connectivity index (χ1n) is 7.02. The Bertz CT molecular complexity index is 372. The first kappa shape index (κ1) is 16.1. The van der Waals surface area contributed by atoms with Crippen LogP contribution in [0.5, 0.6) is 0 Å². The van der Waals surface area contributed by atoms with Crippen LogP contribution in [0, 0.1) is 18.7 Å². The highest BCUT2D eigenvalue weighted by Crippen LogP contribution is 2.26. The van der Waals surface area contributed by atoms with Gasteiger partial charge in [-0.25, -0.2) is 4.39 Å². The van der Waals surface area contributed by atoms with E-state index in [1.807, 2.05) is 13.0 Å². The minimum atomic E-state index is -0.183. The fourth-order valence-electron chi connectivity index (χ4n) is 2.46. The van der Waals surface area contributed by atoms with Crippen molar-refractivity contribution in [1.29, 1.82) is 0 Å². The lowest BCUT2D eigenvalue weighted by atomic mass is 9.92. The normalized spacial score (nSPS) is 14.7. The molecular formula is C16H26FNO. The molecule has 1 rings (SSSR count). The van der Waals surface area contributed by atoms with E-state index >= 15 is 0 Å². The summed E-state index contributed by atoms with van der Waals surface area (Å²) in [5.74, 6) is 0.180. The second-order valence-electron chi connectivity index (χ2n) is 5.44. The highest BCUT2D eigenvalue weighted by molar-refractivity contribution is 5.27. The van der Waals surface area contributed by atoms with E-state index in [1.54, 1.807) is 19.2 Å². The highest BCUT2D eigenvalue weighted by atomic mass is 19.1. The van der Waals surface area contributed by atoms with Gasteiger partial charge < -0.3 is 10.1 Å². The van der Waals surface area contributed by atoms with Crippen LogP contribution in [0.2, 0.25) is 0 Å². The van der Waals surface area contributed by atoms with Crippen LogP contribution in [0.15, 0.2) is 18.2 Å². The molecule has 2 unspecified atom stereocenters. The number of aryl methyl sites for hydroxylation is 1. The van der Waals surface area contributed by atoms with Crippen LogP contribution in [-0.4, -0.2) is 19.8 Å². The third kappa shape index (κ3) is 4.59. The summed E-state index contributed by atoms with van der Waals surface area (Å²) in [5, 5.41) is 3.48. The minimum absolute atomic E-state index is 0.0272. The second kappa shape index (κ2) is 7.61. The van der Waals surface area contributed by atoms with Gasteiger partial charge in [0.2, 0.25) is 0 Å². The van der Waals surface area contributed by atoms with Gasteiger partial charge in [-0.15, -0.1) is 0 Å². The van der Waals surface area contributed by atoms with Crippen LogP contribution in [-0.2, 0) is 4.74 Å². The molecule has 2 atom stereocenters. The molecule has 0 fully saturated rings. The molecule has 1 aromatic rings. The molecule has 0 amide bonds. The molecule has 19 heavy (non-hydrogen) atoms. The van der Waals surface area contributed by atoms with Gasteiger partial charge in [-0.3, -0.25) is 0 Å². The summed E-state index contributed by atoms with van der Waals surface area (Å²) in [6.45, 7) is 9.19. The summed E-state index contributed by atoms with van der Waals surface area (Å²) >= 11 is 0. The molecule has 0 heterocycles. The molecule has 2 nitrogen and oxygen atoms in total. The van der Waals surface area contributed by atoms with Crippen molar-refractivity contribution in [2.75, 3.05) is 13.7 Å². The van der Waals surface area contributed by atoms with Crippen molar-refractivity contribution in [2.24, 2.45) is 5.92 Å². The van der Waals surface area contributed by atoms with Gasteiger partial charge in [0.25, 0.3) is 0 Å². The molecular weight excluding hydrogens is 241 g/mol. The van der Waals surface area contributed by atoms with Crippen molar-refractivity contribution >= 4 is 0 Å². The average Bonchev–Trinajstić information content (AvgIpc) is 2.32. The number of benzene rings is 1. The van der Waals surface area contributed by atoms with Gasteiger partial charge >= 0.3 is 0 Å². The third-order valence-electron chi connectivity index (χ3n) is 3.30. The number of rotatable bonds is 7. The zero-order valence-corrected chi connectivity index (χ0v) is 12.7. The summed E-state index contributed by atoms with van der Waals surface area (Å²) in [7, 11) is 1.72. The lowest BCUT2D eigenvalue weighted by Gasteiger charge is -2.30. The van der Waals surface area contributed by atoms with E-state index in [4.69, 9.17) is 4.74 Å². The second-order valence-corrected chi connectivity index (χ2v) is 5.44. The maximum Gasteiger partial charge on any atom is 0.123 e. The Hall–Kier alpha value is -0.930. The average molecular weight is 267 g/mol. The largest absolute Gasteiger partial charge is 0.379 e. The van der Waals surface area contributed by atoms with Gasteiger partial charge in [0.1, 0.15) is 5.82 Å². The van der Waals surface area contributed by atoms with Crippen molar-refractivity contribution in [1.82, 2.24) is 5.32 Å². The smallest absolute Gasteiger partial charge is 0.123 e. The number of halogens is 1. The maximum atomic E-state index is 13.6. The van der Waals surface area contributed by atoms with Gasteiger partial charge in [-0.1, -0.05) is 26.8 Å². The zero-order chi connectivity index (χ0) is 14.4. The van der Waals surface area contributed by atoms with E-state index in [9.17, 15) is 4.39 Å².